The van der Waals surface area contributed by atoms with E-state index in [4.69, 9.17) is 20.4 Å². The molecule has 80 valence electrons. The van der Waals surface area contributed by atoms with Gasteiger partial charge in [-0.2, -0.15) is 0 Å². The first kappa shape index (κ1) is 12.8. The van der Waals surface area contributed by atoms with Crippen LogP contribution in [0.2, 0.25) is 0 Å². The van der Waals surface area contributed by atoms with Crippen LogP contribution in [0.1, 0.15) is 6.92 Å². The van der Waals surface area contributed by atoms with Gasteiger partial charge in [0.05, 0.1) is 32.5 Å². The van der Waals surface area contributed by atoms with Crippen molar-refractivity contribution >= 4 is 0 Å². The molecular weight excluding hydrogens is 176 g/mol. The lowest BCUT2D eigenvalue weighted by Gasteiger charge is -2.34. The van der Waals surface area contributed by atoms with Gasteiger partial charge in [0.2, 0.25) is 0 Å². The zero-order chi connectivity index (χ0) is 10.5. The smallest absolute Gasteiger partial charge is 0.0709 e. The molecule has 0 saturated carbocycles. The van der Waals surface area contributed by atoms with Gasteiger partial charge in [0, 0.05) is 11.3 Å². The van der Waals surface area contributed by atoms with Gasteiger partial charge in [-0.1, -0.05) is 6.92 Å². The second kappa shape index (κ2) is 5.51. The molecule has 1 atom stereocenters. The van der Waals surface area contributed by atoms with Crippen molar-refractivity contribution in [2.45, 2.75) is 13.0 Å². The fraction of sp³-hybridized carbons (Fsp3) is 1.00. The van der Waals surface area contributed by atoms with Crippen LogP contribution in [0.25, 0.3) is 0 Å². The molecule has 0 heterocycles. The minimum Gasteiger partial charge on any atom is -0.396 e. The molecule has 0 bridgehead atoms. The monoisotopic (exact) mass is 194 g/mol. The van der Waals surface area contributed by atoms with Gasteiger partial charge in [0.15, 0.2) is 0 Å². The highest BCUT2D eigenvalue weighted by atomic mass is 16.3. The standard InChI is InChI=1S/C8H18O5/c1-8(4-11,5-12)7(13)6(2-9)3-10/h6-7,9-13H,2-5H2,1H3. The molecular formula is C8H18O5. The van der Waals surface area contributed by atoms with E-state index in [-0.39, 0.29) is 13.2 Å². The highest BCUT2D eigenvalue weighted by molar-refractivity contribution is 4.85. The van der Waals surface area contributed by atoms with E-state index in [9.17, 15) is 5.11 Å². The lowest BCUT2D eigenvalue weighted by Crippen LogP contribution is -2.46. The summed E-state index contributed by atoms with van der Waals surface area (Å²) in [7, 11) is 0. The Hall–Kier alpha value is -0.200. The Bertz CT molecular complexity index is 130. The first-order valence-corrected chi connectivity index (χ1v) is 4.17. The van der Waals surface area contributed by atoms with Crippen LogP contribution in [-0.4, -0.2) is 58.1 Å². The Morgan fingerprint density at radius 1 is 1.00 bits per heavy atom. The van der Waals surface area contributed by atoms with Crippen molar-refractivity contribution in [3.05, 3.63) is 0 Å². The number of rotatable bonds is 6. The Morgan fingerprint density at radius 3 is 1.62 bits per heavy atom. The summed E-state index contributed by atoms with van der Waals surface area (Å²) in [6.45, 7) is -0.0845. The Morgan fingerprint density at radius 2 is 1.38 bits per heavy atom. The fourth-order valence-electron chi connectivity index (χ4n) is 1.06. The van der Waals surface area contributed by atoms with Crippen LogP contribution >= 0.6 is 0 Å². The molecule has 0 fully saturated rings. The van der Waals surface area contributed by atoms with Crippen molar-refractivity contribution in [1.29, 1.82) is 0 Å². The van der Waals surface area contributed by atoms with Crippen LogP contribution in [0.15, 0.2) is 0 Å². The summed E-state index contributed by atoms with van der Waals surface area (Å²) < 4.78 is 0. The molecule has 0 spiro atoms. The molecule has 5 heteroatoms. The zero-order valence-electron chi connectivity index (χ0n) is 7.72. The summed E-state index contributed by atoms with van der Waals surface area (Å²) in [5.41, 5.74) is -1.09. The summed E-state index contributed by atoms with van der Waals surface area (Å²) in [5, 5.41) is 44.9. The fourth-order valence-corrected chi connectivity index (χ4v) is 1.06. The SMILES string of the molecule is CC(CO)(CO)C(O)C(CO)CO. The first-order chi connectivity index (χ1) is 6.05. The van der Waals surface area contributed by atoms with E-state index in [0.717, 1.165) is 0 Å². The third-order valence-electron chi connectivity index (χ3n) is 2.35. The summed E-state index contributed by atoms with van der Waals surface area (Å²) in [4.78, 5) is 0. The molecule has 0 aromatic heterocycles. The predicted octanol–water partition coefficient (Wildman–Crippen LogP) is -2.06. The van der Waals surface area contributed by atoms with Gasteiger partial charge in [0.1, 0.15) is 0 Å². The maximum atomic E-state index is 9.59. The van der Waals surface area contributed by atoms with Gasteiger partial charge in [0.25, 0.3) is 0 Å². The second-order valence-corrected chi connectivity index (χ2v) is 3.54. The zero-order valence-corrected chi connectivity index (χ0v) is 7.72. The van der Waals surface area contributed by atoms with Crippen LogP contribution in [0.5, 0.6) is 0 Å². The predicted molar refractivity (Wildman–Crippen MR) is 45.9 cm³/mol. The topological polar surface area (TPSA) is 101 Å². The number of aliphatic hydroxyl groups excluding tert-OH is 5. The first-order valence-electron chi connectivity index (χ1n) is 4.17. The molecule has 5 N–H and O–H groups in total. The van der Waals surface area contributed by atoms with Crippen molar-refractivity contribution in [2.75, 3.05) is 26.4 Å². The molecule has 0 aliphatic rings. The second-order valence-electron chi connectivity index (χ2n) is 3.54. The van der Waals surface area contributed by atoms with E-state index in [1.54, 1.807) is 0 Å². The van der Waals surface area contributed by atoms with Crippen molar-refractivity contribution in [2.24, 2.45) is 11.3 Å². The van der Waals surface area contributed by atoms with Crippen molar-refractivity contribution in [1.82, 2.24) is 0 Å². The Balaban J connectivity index is 4.42. The average molecular weight is 194 g/mol. The van der Waals surface area contributed by atoms with Crippen LogP contribution in [-0.2, 0) is 0 Å². The molecule has 0 aromatic carbocycles. The summed E-state index contributed by atoms with van der Waals surface area (Å²) in [6.07, 6.45) is -1.13. The van der Waals surface area contributed by atoms with Gasteiger partial charge in [-0.3, -0.25) is 0 Å². The van der Waals surface area contributed by atoms with E-state index in [2.05, 4.69) is 0 Å². The van der Waals surface area contributed by atoms with Crippen LogP contribution in [0.4, 0.5) is 0 Å². The summed E-state index contributed by atoms with van der Waals surface area (Å²) in [5.74, 6) is -0.732. The average Bonchev–Trinajstić information content (AvgIpc) is 2.18. The number of hydrogen-bond donors (Lipinski definition) is 5. The molecule has 5 nitrogen and oxygen atoms in total. The highest BCUT2D eigenvalue weighted by Crippen LogP contribution is 2.25. The van der Waals surface area contributed by atoms with E-state index in [1.165, 1.54) is 6.92 Å². The van der Waals surface area contributed by atoms with E-state index < -0.39 is 30.7 Å². The number of aliphatic hydroxyl groups is 5. The minimum absolute atomic E-state index is 0.382. The van der Waals surface area contributed by atoms with E-state index in [1.807, 2.05) is 0 Å². The molecule has 0 amide bonds. The van der Waals surface area contributed by atoms with Crippen LogP contribution in [0, 0.1) is 11.3 Å². The third-order valence-corrected chi connectivity index (χ3v) is 2.35. The van der Waals surface area contributed by atoms with E-state index in [0.29, 0.717) is 0 Å². The lowest BCUT2D eigenvalue weighted by atomic mass is 9.79. The maximum Gasteiger partial charge on any atom is 0.0709 e. The van der Waals surface area contributed by atoms with Gasteiger partial charge in [-0.05, 0) is 0 Å². The van der Waals surface area contributed by atoms with Gasteiger partial charge >= 0.3 is 0 Å². The molecule has 0 aliphatic carbocycles. The highest BCUT2D eigenvalue weighted by Gasteiger charge is 2.36. The lowest BCUT2D eigenvalue weighted by molar-refractivity contribution is -0.0894. The summed E-state index contributed by atoms with van der Waals surface area (Å²) in [6, 6.07) is 0. The number of hydrogen-bond acceptors (Lipinski definition) is 5. The third kappa shape index (κ3) is 2.89. The maximum absolute atomic E-state index is 9.59. The largest absolute Gasteiger partial charge is 0.396 e. The Labute approximate surface area is 77.3 Å². The summed E-state index contributed by atoms with van der Waals surface area (Å²) >= 11 is 0. The normalized spacial score (nSPS) is 15.0. The molecule has 0 rings (SSSR count). The molecule has 0 radical (unpaired) electrons. The van der Waals surface area contributed by atoms with Crippen molar-refractivity contribution < 1.29 is 25.5 Å². The van der Waals surface area contributed by atoms with Crippen LogP contribution < -0.4 is 0 Å². The molecule has 0 aromatic rings. The minimum atomic E-state index is -1.13. The molecule has 0 aliphatic heterocycles. The molecule has 1 unspecified atom stereocenters. The van der Waals surface area contributed by atoms with E-state index >= 15 is 0 Å². The van der Waals surface area contributed by atoms with Gasteiger partial charge in [-0.25, -0.2) is 0 Å². The quantitative estimate of drug-likeness (QED) is 0.335. The van der Waals surface area contributed by atoms with Gasteiger partial charge < -0.3 is 25.5 Å². The molecule has 13 heavy (non-hydrogen) atoms. The van der Waals surface area contributed by atoms with Crippen molar-refractivity contribution in [3.63, 3.8) is 0 Å². The van der Waals surface area contributed by atoms with Gasteiger partial charge in [-0.15, -0.1) is 0 Å². The van der Waals surface area contributed by atoms with Crippen molar-refractivity contribution in [3.8, 4) is 0 Å². The Kier molecular flexibility index (Phi) is 5.43. The molecule has 0 saturated heterocycles. The van der Waals surface area contributed by atoms with Crippen LogP contribution in [0.3, 0.4) is 0 Å².